The maximum Gasteiger partial charge on any atom is 0.145 e. The van der Waals surface area contributed by atoms with Gasteiger partial charge in [-0.2, -0.15) is 0 Å². The van der Waals surface area contributed by atoms with E-state index in [2.05, 4.69) is 22.3 Å². The molecule has 80 valence electrons. The molecule has 0 radical (unpaired) electrons. The van der Waals surface area contributed by atoms with Crippen LogP contribution in [0.3, 0.4) is 0 Å². The minimum atomic E-state index is 0.307. The molecule has 0 amide bonds. The molecule has 1 rings (SSSR count). The van der Waals surface area contributed by atoms with E-state index in [9.17, 15) is 0 Å². The van der Waals surface area contributed by atoms with Gasteiger partial charge < -0.3 is 10.7 Å². The quantitative estimate of drug-likeness (QED) is 0.231. The molecule has 1 aliphatic rings. The molecule has 1 fully saturated rings. The second-order valence-corrected chi connectivity index (χ2v) is 3.97. The van der Waals surface area contributed by atoms with Crippen molar-refractivity contribution in [3.63, 3.8) is 0 Å². The van der Waals surface area contributed by atoms with Gasteiger partial charge in [0.2, 0.25) is 0 Å². The zero-order chi connectivity index (χ0) is 10.4. The number of amidine groups is 1. The zero-order valence-corrected chi connectivity index (χ0v) is 8.74. The van der Waals surface area contributed by atoms with Gasteiger partial charge in [-0.05, 0) is 45.3 Å². The van der Waals surface area contributed by atoms with Crippen LogP contribution in [0.15, 0.2) is 10.3 Å². The van der Waals surface area contributed by atoms with Crippen molar-refractivity contribution in [1.29, 1.82) is 5.41 Å². The topological polar surface area (TPSA) is 77.8 Å². The van der Waals surface area contributed by atoms with E-state index in [0.717, 1.165) is 13.0 Å². The van der Waals surface area contributed by atoms with E-state index in [1.807, 2.05) is 0 Å². The Bertz CT molecular complexity index is 213. The molecule has 5 nitrogen and oxygen atoms in total. The number of rotatable bonds is 2. The molecule has 1 aliphatic heterocycles. The van der Waals surface area contributed by atoms with E-state index in [1.165, 1.54) is 19.4 Å². The maximum absolute atomic E-state index is 7.49. The molecule has 0 bridgehead atoms. The van der Waals surface area contributed by atoms with Crippen LogP contribution < -0.4 is 5.84 Å². The van der Waals surface area contributed by atoms with Gasteiger partial charge in [0.25, 0.3) is 0 Å². The molecule has 1 unspecified atom stereocenters. The molecule has 0 aromatic carbocycles. The monoisotopic (exact) mass is 197 g/mol. The highest BCUT2D eigenvalue weighted by molar-refractivity contribution is 5.79. The van der Waals surface area contributed by atoms with E-state index in [1.54, 1.807) is 0 Å². The summed E-state index contributed by atoms with van der Waals surface area (Å²) in [7, 11) is 2.15. The Morgan fingerprint density at radius 2 is 2.29 bits per heavy atom. The van der Waals surface area contributed by atoms with E-state index >= 15 is 0 Å². The molecule has 1 heterocycles. The molecule has 1 saturated heterocycles. The van der Waals surface area contributed by atoms with Gasteiger partial charge in [-0.3, -0.25) is 5.41 Å². The number of nitrogens with one attached hydrogen (secondary N) is 1. The van der Waals surface area contributed by atoms with Crippen molar-refractivity contribution in [3.05, 3.63) is 0 Å². The highest BCUT2D eigenvalue weighted by Crippen LogP contribution is 2.20. The molecule has 5 heteroatoms. The number of nitrogens with two attached hydrogens (primary N) is 1. The van der Waals surface area contributed by atoms with Gasteiger partial charge in [0, 0.05) is 6.42 Å². The number of hydrogen-bond acceptors (Lipinski definition) is 3. The Balaban J connectivity index is 2.33. The summed E-state index contributed by atoms with van der Waals surface area (Å²) in [6.07, 6.45) is 4.27. The summed E-state index contributed by atoms with van der Waals surface area (Å²) in [5, 5.41) is 14.2. The first-order valence-electron chi connectivity index (χ1n) is 5.09. The first-order chi connectivity index (χ1) is 6.72. The molecule has 0 aromatic rings. The zero-order valence-electron chi connectivity index (χ0n) is 8.74. The third-order valence-electron chi connectivity index (χ3n) is 2.73. The standard InChI is InChI=1S/C9H19N5/c1-14-5-2-3-8(4-6-14)7-9(10)12-13-11/h8H,2-7H2,1H3,(H3,10,11,12). The lowest BCUT2D eigenvalue weighted by Crippen LogP contribution is -2.19. The third kappa shape index (κ3) is 3.83. The second-order valence-electron chi connectivity index (χ2n) is 3.97. The van der Waals surface area contributed by atoms with E-state index in [4.69, 9.17) is 11.3 Å². The Labute approximate surface area is 84.9 Å². The van der Waals surface area contributed by atoms with Crippen LogP contribution in [0.2, 0.25) is 0 Å². The SMILES string of the molecule is CN1CCCC(CC(=N)N=NN)CC1. The predicted octanol–water partition coefficient (Wildman–Crippen LogP) is 1.41. The van der Waals surface area contributed by atoms with Crippen LogP contribution in [-0.4, -0.2) is 30.9 Å². The lowest BCUT2D eigenvalue weighted by molar-refractivity contribution is 0.342. The van der Waals surface area contributed by atoms with Crippen molar-refractivity contribution in [2.24, 2.45) is 22.1 Å². The maximum atomic E-state index is 7.49. The highest BCUT2D eigenvalue weighted by atomic mass is 15.3. The minimum absolute atomic E-state index is 0.307. The van der Waals surface area contributed by atoms with E-state index in [-0.39, 0.29) is 0 Å². The summed E-state index contributed by atoms with van der Waals surface area (Å²) in [6, 6.07) is 0. The van der Waals surface area contributed by atoms with Crippen LogP contribution in [-0.2, 0) is 0 Å². The Kier molecular flexibility index (Phi) is 4.52. The molecule has 14 heavy (non-hydrogen) atoms. The van der Waals surface area contributed by atoms with Crippen molar-refractivity contribution in [2.45, 2.75) is 25.7 Å². The fraction of sp³-hybridized carbons (Fsp3) is 0.889. The van der Waals surface area contributed by atoms with Crippen LogP contribution in [0.25, 0.3) is 0 Å². The minimum Gasteiger partial charge on any atom is -0.306 e. The number of hydrogen-bond donors (Lipinski definition) is 2. The van der Waals surface area contributed by atoms with Crippen LogP contribution >= 0.6 is 0 Å². The Hall–Kier alpha value is -0.970. The van der Waals surface area contributed by atoms with Gasteiger partial charge in [-0.15, -0.1) is 5.11 Å². The summed E-state index contributed by atoms with van der Waals surface area (Å²) < 4.78 is 0. The number of likely N-dealkylation sites (tertiary alicyclic amines) is 1. The third-order valence-corrected chi connectivity index (χ3v) is 2.73. The Morgan fingerprint density at radius 1 is 1.50 bits per heavy atom. The average molecular weight is 197 g/mol. The van der Waals surface area contributed by atoms with Crippen LogP contribution in [0.5, 0.6) is 0 Å². The molecule has 0 saturated carbocycles. The second kappa shape index (κ2) is 5.70. The molecule has 1 atom stereocenters. The van der Waals surface area contributed by atoms with Gasteiger partial charge in [0.15, 0.2) is 0 Å². The Morgan fingerprint density at radius 3 is 3.00 bits per heavy atom. The van der Waals surface area contributed by atoms with Gasteiger partial charge in [0.05, 0.1) is 0 Å². The molecular weight excluding hydrogens is 178 g/mol. The van der Waals surface area contributed by atoms with Crippen LogP contribution in [0.4, 0.5) is 0 Å². The normalized spacial score (nSPS) is 25.1. The van der Waals surface area contributed by atoms with Crippen molar-refractivity contribution >= 4 is 5.84 Å². The van der Waals surface area contributed by atoms with Gasteiger partial charge in [-0.25, -0.2) is 0 Å². The van der Waals surface area contributed by atoms with Crippen LogP contribution in [0.1, 0.15) is 25.7 Å². The summed E-state index contributed by atoms with van der Waals surface area (Å²) >= 11 is 0. The summed E-state index contributed by atoms with van der Waals surface area (Å²) in [4.78, 5) is 2.34. The molecular formula is C9H19N5. The van der Waals surface area contributed by atoms with Crippen LogP contribution in [0, 0.1) is 11.3 Å². The summed E-state index contributed by atoms with van der Waals surface area (Å²) in [5.74, 6) is 5.79. The largest absolute Gasteiger partial charge is 0.306 e. The van der Waals surface area contributed by atoms with Gasteiger partial charge >= 0.3 is 0 Å². The highest BCUT2D eigenvalue weighted by Gasteiger charge is 2.16. The predicted molar refractivity (Wildman–Crippen MR) is 56.2 cm³/mol. The molecule has 0 spiro atoms. The fourth-order valence-electron chi connectivity index (χ4n) is 1.90. The lowest BCUT2D eigenvalue weighted by atomic mass is 9.96. The first-order valence-corrected chi connectivity index (χ1v) is 5.09. The smallest absolute Gasteiger partial charge is 0.145 e. The first kappa shape index (κ1) is 11.1. The van der Waals surface area contributed by atoms with Crippen molar-refractivity contribution < 1.29 is 0 Å². The van der Waals surface area contributed by atoms with Crippen molar-refractivity contribution in [1.82, 2.24) is 4.90 Å². The molecule has 0 aliphatic carbocycles. The number of nitrogens with zero attached hydrogens (tertiary/aromatic N) is 3. The average Bonchev–Trinajstić information content (AvgIpc) is 2.32. The van der Waals surface area contributed by atoms with Gasteiger partial charge in [0.1, 0.15) is 5.84 Å². The molecule has 3 N–H and O–H groups in total. The lowest BCUT2D eigenvalue weighted by Gasteiger charge is -2.13. The van der Waals surface area contributed by atoms with E-state index < -0.39 is 0 Å². The van der Waals surface area contributed by atoms with E-state index in [0.29, 0.717) is 18.2 Å². The summed E-state index contributed by atoms with van der Waals surface area (Å²) in [6.45, 7) is 2.29. The fourth-order valence-corrected chi connectivity index (χ4v) is 1.90. The van der Waals surface area contributed by atoms with Crippen molar-refractivity contribution in [3.8, 4) is 0 Å². The van der Waals surface area contributed by atoms with Crippen molar-refractivity contribution in [2.75, 3.05) is 20.1 Å². The molecule has 0 aromatic heterocycles. The van der Waals surface area contributed by atoms with Gasteiger partial charge in [-0.1, -0.05) is 5.22 Å². The summed E-state index contributed by atoms with van der Waals surface area (Å²) in [5.41, 5.74) is 0.